The molecule has 7 heteroatoms. The predicted octanol–water partition coefficient (Wildman–Crippen LogP) is 4.07. The minimum atomic E-state index is -0.458. The summed E-state index contributed by atoms with van der Waals surface area (Å²) in [5, 5.41) is 15.9. The lowest BCUT2D eigenvalue weighted by molar-refractivity contribution is -0.118. The molecule has 0 saturated carbocycles. The first-order valence-electron chi connectivity index (χ1n) is 9.60. The van der Waals surface area contributed by atoms with E-state index in [-0.39, 0.29) is 24.4 Å². The number of nitrogens with zero attached hydrogens (tertiary/aromatic N) is 1. The number of halogens is 1. The van der Waals surface area contributed by atoms with Crippen molar-refractivity contribution in [1.82, 2.24) is 4.90 Å². The Morgan fingerprint density at radius 1 is 1.03 bits per heavy atom. The summed E-state index contributed by atoms with van der Waals surface area (Å²) < 4.78 is 0. The molecule has 0 spiro atoms. The van der Waals surface area contributed by atoms with Crippen molar-refractivity contribution in [2.24, 2.45) is 0 Å². The molecule has 2 aromatic rings. The van der Waals surface area contributed by atoms with Gasteiger partial charge in [0.25, 0.3) is 0 Å². The molecular formula is C22H28ClN3O3. The first-order chi connectivity index (χ1) is 13.8. The number of carbonyl (C=O) groups excluding carboxylic acids is 2. The Labute approximate surface area is 176 Å². The number of nitrogens with one attached hydrogen (secondary N) is 2. The van der Waals surface area contributed by atoms with Crippen molar-refractivity contribution in [2.45, 2.75) is 39.3 Å². The number of hydrogen-bond acceptors (Lipinski definition) is 4. The Hall–Kier alpha value is -2.41. The summed E-state index contributed by atoms with van der Waals surface area (Å²) in [4.78, 5) is 25.7. The molecule has 0 heterocycles. The molecule has 2 rings (SSSR count). The van der Waals surface area contributed by atoms with Gasteiger partial charge in [-0.2, -0.15) is 0 Å². The van der Waals surface area contributed by atoms with Crippen LogP contribution in [0.3, 0.4) is 0 Å². The van der Waals surface area contributed by atoms with Crippen molar-refractivity contribution in [3.05, 3.63) is 59.1 Å². The zero-order chi connectivity index (χ0) is 21.4. The van der Waals surface area contributed by atoms with Crippen LogP contribution in [0.25, 0.3) is 0 Å². The maximum absolute atomic E-state index is 12.6. The number of benzene rings is 2. The van der Waals surface area contributed by atoms with Gasteiger partial charge in [-0.25, -0.2) is 0 Å². The molecule has 2 aromatic carbocycles. The predicted molar refractivity (Wildman–Crippen MR) is 117 cm³/mol. The number of rotatable bonds is 9. The first kappa shape index (κ1) is 22.9. The lowest BCUT2D eigenvalue weighted by Gasteiger charge is -2.30. The quantitative estimate of drug-likeness (QED) is 0.574. The van der Waals surface area contributed by atoms with Gasteiger partial charge in [-0.1, -0.05) is 29.8 Å². The van der Waals surface area contributed by atoms with Crippen LogP contribution < -0.4 is 10.6 Å². The number of carbonyl (C=O) groups is 2. The zero-order valence-electron chi connectivity index (χ0n) is 17.0. The van der Waals surface area contributed by atoms with Crippen LogP contribution >= 0.6 is 11.6 Å². The van der Waals surface area contributed by atoms with Gasteiger partial charge >= 0.3 is 0 Å². The van der Waals surface area contributed by atoms with E-state index in [0.717, 1.165) is 5.56 Å². The second-order valence-electron chi connectivity index (χ2n) is 7.11. The number of aliphatic hydroxyl groups is 1. The van der Waals surface area contributed by atoms with Gasteiger partial charge in [-0.15, -0.1) is 0 Å². The van der Waals surface area contributed by atoms with Gasteiger partial charge in [0.1, 0.15) is 0 Å². The SMILES string of the molecule is CC(=O)Nc1ccc(NC(=O)CN(CCC(C)O)C(C)c2ccccc2Cl)cc1. The summed E-state index contributed by atoms with van der Waals surface area (Å²) in [5.74, 6) is -0.314. The van der Waals surface area contributed by atoms with Crippen molar-refractivity contribution in [1.29, 1.82) is 0 Å². The summed E-state index contributed by atoms with van der Waals surface area (Å²) in [6.07, 6.45) is 0.0911. The second kappa shape index (κ2) is 11.0. The zero-order valence-corrected chi connectivity index (χ0v) is 17.7. The van der Waals surface area contributed by atoms with Crippen LogP contribution in [-0.2, 0) is 9.59 Å². The molecule has 156 valence electrons. The van der Waals surface area contributed by atoms with Crippen LogP contribution in [0.2, 0.25) is 5.02 Å². The van der Waals surface area contributed by atoms with E-state index in [4.69, 9.17) is 11.6 Å². The van der Waals surface area contributed by atoms with Gasteiger partial charge in [0.05, 0.1) is 12.6 Å². The minimum absolute atomic E-state index is 0.0876. The van der Waals surface area contributed by atoms with E-state index in [0.29, 0.717) is 29.4 Å². The van der Waals surface area contributed by atoms with Crippen molar-refractivity contribution in [2.75, 3.05) is 23.7 Å². The average molecular weight is 418 g/mol. The second-order valence-corrected chi connectivity index (χ2v) is 7.52. The maximum atomic E-state index is 12.6. The lowest BCUT2D eigenvalue weighted by Crippen LogP contribution is -2.37. The van der Waals surface area contributed by atoms with E-state index in [1.165, 1.54) is 6.92 Å². The maximum Gasteiger partial charge on any atom is 0.238 e. The Balaban J connectivity index is 2.06. The minimum Gasteiger partial charge on any atom is -0.393 e. The molecule has 0 aliphatic rings. The molecule has 3 N–H and O–H groups in total. The van der Waals surface area contributed by atoms with E-state index in [1.54, 1.807) is 31.2 Å². The largest absolute Gasteiger partial charge is 0.393 e. The van der Waals surface area contributed by atoms with Gasteiger partial charge in [-0.05, 0) is 56.2 Å². The number of aliphatic hydroxyl groups excluding tert-OH is 1. The molecule has 6 nitrogen and oxygen atoms in total. The summed E-state index contributed by atoms with van der Waals surface area (Å²) in [5.41, 5.74) is 2.25. The number of hydrogen-bond donors (Lipinski definition) is 3. The molecule has 2 amide bonds. The van der Waals surface area contributed by atoms with Gasteiger partial charge in [0, 0.05) is 35.9 Å². The molecule has 0 radical (unpaired) electrons. The van der Waals surface area contributed by atoms with Crippen molar-refractivity contribution >= 4 is 34.8 Å². The fraction of sp³-hybridized carbons (Fsp3) is 0.364. The van der Waals surface area contributed by atoms with Crippen molar-refractivity contribution in [3.63, 3.8) is 0 Å². The third-order valence-electron chi connectivity index (χ3n) is 4.57. The number of anilines is 2. The summed E-state index contributed by atoms with van der Waals surface area (Å²) in [6, 6.07) is 14.4. The molecule has 0 aliphatic carbocycles. The molecule has 2 atom stereocenters. The highest BCUT2D eigenvalue weighted by atomic mass is 35.5. The summed E-state index contributed by atoms with van der Waals surface area (Å²) >= 11 is 6.34. The highest BCUT2D eigenvalue weighted by molar-refractivity contribution is 6.31. The molecule has 2 unspecified atom stereocenters. The Morgan fingerprint density at radius 2 is 1.62 bits per heavy atom. The Bertz CT molecular complexity index is 824. The molecular weight excluding hydrogens is 390 g/mol. The van der Waals surface area contributed by atoms with E-state index in [2.05, 4.69) is 10.6 Å². The van der Waals surface area contributed by atoms with Gasteiger partial charge in [0.15, 0.2) is 0 Å². The molecule has 29 heavy (non-hydrogen) atoms. The van der Waals surface area contributed by atoms with Crippen LogP contribution in [0.15, 0.2) is 48.5 Å². The fourth-order valence-corrected chi connectivity index (χ4v) is 3.29. The van der Waals surface area contributed by atoms with Crippen molar-refractivity contribution < 1.29 is 14.7 Å². The topological polar surface area (TPSA) is 81.7 Å². The standard InChI is InChI=1S/C22H28ClN3O3/c1-15(27)12-13-26(16(2)20-6-4-5-7-21(20)23)14-22(29)25-19-10-8-18(9-11-19)24-17(3)28/h4-11,15-16,27H,12-14H2,1-3H3,(H,24,28)(H,25,29). The average Bonchev–Trinajstić information content (AvgIpc) is 2.66. The molecule has 0 aliphatic heterocycles. The molecule has 0 fully saturated rings. The fourth-order valence-electron chi connectivity index (χ4n) is 3.00. The highest BCUT2D eigenvalue weighted by Crippen LogP contribution is 2.27. The van der Waals surface area contributed by atoms with Gasteiger partial charge in [-0.3, -0.25) is 14.5 Å². The normalized spacial score (nSPS) is 13.0. The summed E-state index contributed by atoms with van der Waals surface area (Å²) in [7, 11) is 0. The first-order valence-corrected chi connectivity index (χ1v) is 9.98. The van der Waals surface area contributed by atoms with Gasteiger partial charge in [0.2, 0.25) is 11.8 Å². The van der Waals surface area contributed by atoms with Gasteiger partial charge < -0.3 is 15.7 Å². The van der Waals surface area contributed by atoms with Crippen LogP contribution in [0.4, 0.5) is 11.4 Å². The van der Waals surface area contributed by atoms with E-state index in [9.17, 15) is 14.7 Å². The third-order valence-corrected chi connectivity index (χ3v) is 4.92. The molecule has 0 aromatic heterocycles. The Morgan fingerprint density at radius 3 is 2.17 bits per heavy atom. The smallest absolute Gasteiger partial charge is 0.238 e. The van der Waals surface area contributed by atoms with Crippen molar-refractivity contribution in [3.8, 4) is 0 Å². The Kier molecular flexibility index (Phi) is 8.64. The van der Waals surface area contributed by atoms with Crippen LogP contribution in [0.1, 0.15) is 38.8 Å². The third kappa shape index (κ3) is 7.49. The van der Waals surface area contributed by atoms with Crippen LogP contribution in [0, 0.1) is 0 Å². The van der Waals surface area contributed by atoms with E-state index >= 15 is 0 Å². The highest BCUT2D eigenvalue weighted by Gasteiger charge is 2.21. The molecule has 0 bridgehead atoms. The molecule has 0 saturated heterocycles. The van der Waals surface area contributed by atoms with E-state index in [1.807, 2.05) is 36.1 Å². The van der Waals surface area contributed by atoms with Crippen LogP contribution in [-0.4, -0.2) is 41.0 Å². The van der Waals surface area contributed by atoms with Crippen LogP contribution in [0.5, 0.6) is 0 Å². The monoisotopic (exact) mass is 417 g/mol. The number of amides is 2. The summed E-state index contributed by atoms with van der Waals surface area (Å²) in [6.45, 7) is 5.89. The lowest BCUT2D eigenvalue weighted by atomic mass is 10.1. The van der Waals surface area contributed by atoms with E-state index < -0.39 is 6.10 Å².